The van der Waals surface area contributed by atoms with Crippen LogP contribution >= 0.6 is 0 Å². The van der Waals surface area contributed by atoms with Crippen LogP contribution in [-0.2, 0) is 11.3 Å². The van der Waals surface area contributed by atoms with Crippen molar-refractivity contribution in [3.05, 3.63) is 42.1 Å². The number of amides is 1. The second kappa shape index (κ2) is 7.21. The standard InChI is InChI=1S/C20H26N4O2/c1-3-24-19(15-7-5-4-6-8-15)16(13-21-24)20(25)23-11-12-26-18-9-10-22(2)14-17(18)23/h4-8,13,17-18H,3,9-12,14H2,1-2H3. The fourth-order valence-corrected chi connectivity index (χ4v) is 4.12. The number of rotatable bonds is 3. The lowest BCUT2D eigenvalue weighted by Gasteiger charge is -2.46. The number of ether oxygens (including phenoxy) is 1. The second-order valence-electron chi connectivity index (χ2n) is 7.11. The van der Waals surface area contributed by atoms with Crippen LogP contribution in [0.1, 0.15) is 23.7 Å². The Morgan fingerprint density at radius 2 is 2.08 bits per heavy atom. The van der Waals surface area contributed by atoms with Gasteiger partial charge in [-0.15, -0.1) is 0 Å². The Hall–Kier alpha value is -2.18. The minimum Gasteiger partial charge on any atom is -0.374 e. The quantitative estimate of drug-likeness (QED) is 0.847. The Bertz CT molecular complexity index is 773. The normalized spacial score (nSPS) is 23.7. The first-order valence-corrected chi connectivity index (χ1v) is 9.41. The molecule has 2 unspecified atom stereocenters. The highest BCUT2D eigenvalue weighted by molar-refractivity contribution is 6.00. The molecule has 2 fully saturated rings. The first-order valence-electron chi connectivity index (χ1n) is 9.41. The molecule has 6 heteroatoms. The van der Waals surface area contributed by atoms with E-state index in [0.29, 0.717) is 18.7 Å². The molecule has 138 valence electrons. The highest BCUT2D eigenvalue weighted by Crippen LogP contribution is 2.28. The third-order valence-corrected chi connectivity index (χ3v) is 5.47. The van der Waals surface area contributed by atoms with E-state index in [-0.39, 0.29) is 18.1 Å². The first-order chi connectivity index (χ1) is 12.7. The molecule has 26 heavy (non-hydrogen) atoms. The van der Waals surface area contributed by atoms with E-state index >= 15 is 0 Å². The maximum absolute atomic E-state index is 13.5. The zero-order valence-electron chi connectivity index (χ0n) is 15.5. The van der Waals surface area contributed by atoms with E-state index in [1.165, 1.54) is 0 Å². The topological polar surface area (TPSA) is 50.6 Å². The molecular formula is C20H26N4O2. The molecule has 3 heterocycles. The molecule has 0 bridgehead atoms. The second-order valence-corrected chi connectivity index (χ2v) is 7.11. The van der Waals surface area contributed by atoms with Crippen molar-refractivity contribution in [2.45, 2.75) is 32.0 Å². The van der Waals surface area contributed by atoms with E-state index in [0.717, 1.165) is 37.3 Å². The number of carbonyl (C=O) groups is 1. The Balaban J connectivity index is 1.69. The van der Waals surface area contributed by atoms with E-state index in [2.05, 4.69) is 24.0 Å². The van der Waals surface area contributed by atoms with Gasteiger partial charge in [-0.25, -0.2) is 0 Å². The van der Waals surface area contributed by atoms with Gasteiger partial charge in [-0.05, 0) is 20.4 Å². The number of hydrogen-bond acceptors (Lipinski definition) is 4. The third kappa shape index (κ3) is 3.04. The predicted molar refractivity (Wildman–Crippen MR) is 100 cm³/mol. The van der Waals surface area contributed by atoms with Crippen LogP contribution in [0.4, 0.5) is 0 Å². The van der Waals surface area contributed by atoms with Crippen molar-refractivity contribution in [3.63, 3.8) is 0 Å². The SMILES string of the molecule is CCn1ncc(C(=O)N2CCOC3CCN(C)CC32)c1-c1ccccc1. The van der Waals surface area contributed by atoms with Gasteiger partial charge in [0.25, 0.3) is 5.91 Å². The first kappa shape index (κ1) is 17.2. The van der Waals surface area contributed by atoms with Crippen LogP contribution in [-0.4, -0.2) is 70.9 Å². The number of aromatic nitrogens is 2. The van der Waals surface area contributed by atoms with Crippen molar-refractivity contribution >= 4 is 5.91 Å². The minimum absolute atomic E-state index is 0.0668. The van der Waals surface area contributed by atoms with Gasteiger partial charge in [0, 0.05) is 31.7 Å². The molecule has 6 nitrogen and oxygen atoms in total. The third-order valence-electron chi connectivity index (χ3n) is 5.47. The number of likely N-dealkylation sites (tertiary alicyclic amines) is 1. The van der Waals surface area contributed by atoms with Gasteiger partial charge in [0.15, 0.2) is 0 Å². The van der Waals surface area contributed by atoms with Gasteiger partial charge in [0.2, 0.25) is 0 Å². The Morgan fingerprint density at radius 1 is 1.27 bits per heavy atom. The summed E-state index contributed by atoms with van der Waals surface area (Å²) in [6.07, 6.45) is 2.85. The molecular weight excluding hydrogens is 328 g/mol. The summed E-state index contributed by atoms with van der Waals surface area (Å²) < 4.78 is 7.86. The van der Waals surface area contributed by atoms with Crippen molar-refractivity contribution < 1.29 is 9.53 Å². The maximum atomic E-state index is 13.5. The van der Waals surface area contributed by atoms with Gasteiger partial charge in [0.1, 0.15) is 0 Å². The fraction of sp³-hybridized carbons (Fsp3) is 0.500. The van der Waals surface area contributed by atoms with Crippen molar-refractivity contribution in [3.8, 4) is 11.3 Å². The van der Waals surface area contributed by atoms with Crippen LogP contribution in [0.15, 0.2) is 36.5 Å². The number of aryl methyl sites for hydroxylation is 1. The van der Waals surface area contributed by atoms with Crippen LogP contribution in [0.5, 0.6) is 0 Å². The van der Waals surface area contributed by atoms with Crippen molar-refractivity contribution in [2.24, 2.45) is 0 Å². The van der Waals surface area contributed by atoms with Gasteiger partial charge in [-0.3, -0.25) is 9.48 Å². The molecule has 2 aliphatic heterocycles. The number of fused-ring (bicyclic) bond motifs is 1. The maximum Gasteiger partial charge on any atom is 0.258 e. The molecule has 0 N–H and O–H groups in total. The summed E-state index contributed by atoms with van der Waals surface area (Å²) in [6, 6.07) is 10.2. The summed E-state index contributed by atoms with van der Waals surface area (Å²) in [5.41, 5.74) is 2.62. The van der Waals surface area contributed by atoms with E-state index in [4.69, 9.17) is 4.74 Å². The molecule has 2 atom stereocenters. The van der Waals surface area contributed by atoms with E-state index in [1.54, 1.807) is 6.20 Å². The lowest BCUT2D eigenvalue weighted by atomic mass is 9.97. The van der Waals surface area contributed by atoms with Crippen LogP contribution in [0, 0.1) is 0 Å². The van der Waals surface area contributed by atoms with Crippen molar-refractivity contribution in [2.75, 3.05) is 33.3 Å². The summed E-state index contributed by atoms with van der Waals surface area (Å²) in [5, 5.41) is 4.47. The molecule has 2 aromatic rings. The predicted octanol–water partition coefficient (Wildman–Crippen LogP) is 2.12. The smallest absolute Gasteiger partial charge is 0.258 e. The Labute approximate surface area is 154 Å². The minimum atomic E-state index is 0.0668. The van der Waals surface area contributed by atoms with Gasteiger partial charge in [-0.1, -0.05) is 30.3 Å². The number of nitrogens with zero attached hydrogens (tertiary/aromatic N) is 4. The number of hydrogen-bond donors (Lipinski definition) is 0. The summed E-state index contributed by atoms with van der Waals surface area (Å²) in [5.74, 6) is 0.0668. The fourth-order valence-electron chi connectivity index (χ4n) is 4.12. The molecule has 2 aliphatic rings. The van der Waals surface area contributed by atoms with Crippen molar-refractivity contribution in [1.82, 2.24) is 19.6 Å². The molecule has 1 aromatic heterocycles. The van der Waals surface area contributed by atoms with Gasteiger partial charge < -0.3 is 14.5 Å². The van der Waals surface area contributed by atoms with Crippen LogP contribution in [0.3, 0.4) is 0 Å². The summed E-state index contributed by atoms with van der Waals surface area (Å²) >= 11 is 0. The van der Waals surface area contributed by atoms with Crippen LogP contribution < -0.4 is 0 Å². The highest BCUT2D eigenvalue weighted by atomic mass is 16.5. The molecule has 0 saturated carbocycles. The Kier molecular flexibility index (Phi) is 4.78. The lowest BCUT2D eigenvalue weighted by Crippen LogP contribution is -2.60. The van der Waals surface area contributed by atoms with E-state index < -0.39 is 0 Å². The zero-order chi connectivity index (χ0) is 18.1. The number of carbonyl (C=O) groups excluding carboxylic acids is 1. The van der Waals surface area contributed by atoms with Crippen LogP contribution in [0.25, 0.3) is 11.3 Å². The molecule has 4 rings (SSSR count). The van der Waals surface area contributed by atoms with Crippen molar-refractivity contribution in [1.29, 1.82) is 0 Å². The number of morpholine rings is 1. The molecule has 0 aliphatic carbocycles. The average molecular weight is 354 g/mol. The average Bonchev–Trinajstić information content (AvgIpc) is 3.11. The molecule has 1 aromatic carbocycles. The van der Waals surface area contributed by atoms with E-state index in [9.17, 15) is 4.79 Å². The molecule has 0 radical (unpaired) electrons. The van der Waals surface area contributed by atoms with Gasteiger partial charge in [-0.2, -0.15) is 5.10 Å². The molecule has 1 amide bonds. The van der Waals surface area contributed by atoms with Crippen LogP contribution in [0.2, 0.25) is 0 Å². The zero-order valence-corrected chi connectivity index (χ0v) is 15.5. The molecule has 0 spiro atoms. The lowest BCUT2D eigenvalue weighted by molar-refractivity contribution is -0.0869. The Morgan fingerprint density at radius 3 is 2.85 bits per heavy atom. The number of piperidine rings is 1. The monoisotopic (exact) mass is 354 g/mol. The van der Waals surface area contributed by atoms with Gasteiger partial charge in [0.05, 0.1) is 36.2 Å². The van der Waals surface area contributed by atoms with E-state index in [1.807, 2.05) is 39.9 Å². The van der Waals surface area contributed by atoms with Gasteiger partial charge >= 0.3 is 0 Å². The number of likely N-dealkylation sites (N-methyl/N-ethyl adjacent to an activating group) is 1. The highest BCUT2D eigenvalue weighted by Gasteiger charge is 2.39. The summed E-state index contributed by atoms with van der Waals surface area (Å²) in [7, 11) is 2.11. The number of benzene rings is 1. The molecule has 2 saturated heterocycles. The largest absolute Gasteiger partial charge is 0.374 e. The summed E-state index contributed by atoms with van der Waals surface area (Å²) in [4.78, 5) is 17.8. The summed E-state index contributed by atoms with van der Waals surface area (Å²) in [6.45, 7) is 5.91.